The quantitative estimate of drug-likeness (QED) is 0.630. The van der Waals surface area contributed by atoms with E-state index in [1.165, 1.54) is 12.1 Å². The second kappa shape index (κ2) is 6.37. The van der Waals surface area contributed by atoms with Crippen molar-refractivity contribution in [3.63, 3.8) is 0 Å². The summed E-state index contributed by atoms with van der Waals surface area (Å²) >= 11 is 0. The molecule has 2 N–H and O–H groups in total. The molecule has 22 heavy (non-hydrogen) atoms. The first kappa shape index (κ1) is 15.7. The SMILES string of the molecule is O=C(O)C1CCC(Nc2ccc([N+](=O)[O-])cc2[N+](=O)[O-])CC1. The highest BCUT2D eigenvalue weighted by Gasteiger charge is 2.27. The number of nitro groups is 2. The molecule has 0 aliphatic heterocycles. The molecular weight excluding hydrogens is 294 g/mol. The standard InChI is InChI=1S/C13H15N3O6/c17-13(18)8-1-3-9(4-2-8)14-11-6-5-10(15(19)20)7-12(11)16(21)22/h5-9,14H,1-4H2,(H,17,18). The molecule has 118 valence electrons. The maximum absolute atomic E-state index is 11.0. The minimum atomic E-state index is -0.820. The zero-order valence-electron chi connectivity index (χ0n) is 11.6. The summed E-state index contributed by atoms with van der Waals surface area (Å²) in [5, 5.41) is 33.7. The number of carboxylic acid groups (broad SMARTS) is 1. The first-order chi connectivity index (χ1) is 10.4. The van der Waals surface area contributed by atoms with Crippen LogP contribution in [0.4, 0.5) is 17.1 Å². The predicted octanol–water partition coefficient (Wildman–Crippen LogP) is 2.56. The molecule has 0 radical (unpaired) electrons. The highest BCUT2D eigenvalue weighted by molar-refractivity contribution is 5.70. The van der Waals surface area contributed by atoms with Gasteiger partial charge in [0.25, 0.3) is 11.4 Å². The van der Waals surface area contributed by atoms with Crippen LogP contribution in [-0.2, 0) is 4.79 Å². The van der Waals surface area contributed by atoms with Gasteiger partial charge in [-0.05, 0) is 31.7 Å². The third kappa shape index (κ3) is 3.48. The Kier molecular flexibility index (Phi) is 4.54. The van der Waals surface area contributed by atoms with Gasteiger partial charge in [-0.15, -0.1) is 0 Å². The Morgan fingerprint density at radius 2 is 1.77 bits per heavy atom. The highest BCUT2D eigenvalue weighted by Crippen LogP contribution is 2.32. The lowest BCUT2D eigenvalue weighted by atomic mass is 9.86. The zero-order chi connectivity index (χ0) is 16.3. The molecule has 1 aromatic carbocycles. The van der Waals surface area contributed by atoms with Crippen molar-refractivity contribution < 1.29 is 19.7 Å². The Balaban J connectivity index is 2.11. The van der Waals surface area contributed by atoms with E-state index in [1.807, 2.05) is 0 Å². The Morgan fingerprint density at radius 1 is 1.14 bits per heavy atom. The first-order valence-electron chi connectivity index (χ1n) is 6.80. The van der Waals surface area contributed by atoms with Crippen molar-refractivity contribution in [2.75, 3.05) is 5.32 Å². The number of nitro benzene ring substituents is 2. The molecule has 0 aromatic heterocycles. The summed E-state index contributed by atoms with van der Waals surface area (Å²) in [5.41, 5.74) is -0.476. The van der Waals surface area contributed by atoms with Crippen molar-refractivity contribution in [1.82, 2.24) is 0 Å². The average molecular weight is 309 g/mol. The maximum Gasteiger partial charge on any atom is 0.306 e. The Bertz CT molecular complexity index is 610. The smallest absolute Gasteiger partial charge is 0.306 e. The number of carboxylic acids is 1. The van der Waals surface area contributed by atoms with Crippen molar-refractivity contribution in [2.45, 2.75) is 31.7 Å². The summed E-state index contributed by atoms with van der Waals surface area (Å²) in [7, 11) is 0. The molecule has 0 amide bonds. The number of anilines is 1. The zero-order valence-corrected chi connectivity index (χ0v) is 11.6. The molecule has 1 aliphatic carbocycles. The second-order valence-corrected chi connectivity index (χ2v) is 5.25. The molecule has 0 spiro atoms. The number of hydrogen-bond donors (Lipinski definition) is 2. The van der Waals surface area contributed by atoms with E-state index in [0.717, 1.165) is 6.07 Å². The van der Waals surface area contributed by atoms with Gasteiger partial charge < -0.3 is 10.4 Å². The van der Waals surface area contributed by atoms with Crippen molar-refractivity contribution in [3.8, 4) is 0 Å². The second-order valence-electron chi connectivity index (χ2n) is 5.25. The number of non-ortho nitro benzene ring substituents is 1. The summed E-state index contributed by atoms with van der Waals surface area (Å²) in [4.78, 5) is 31.3. The van der Waals surface area contributed by atoms with Crippen LogP contribution in [0.15, 0.2) is 18.2 Å². The largest absolute Gasteiger partial charge is 0.481 e. The fourth-order valence-corrected chi connectivity index (χ4v) is 2.61. The Hall–Kier alpha value is -2.71. The molecule has 9 nitrogen and oxygen atoms in total. The maximum atomic E-state index is 11.0. The van der Waals surface area contributed by atoms with Gasteiger partial charge in [-0.1, -0.05) is 0 Å². The predicted molar refractivity (Wildman–Crippen MR) is 76.8 cm³/mol. The van der Waals surface area contributed by atoms with Crippen LogP contribution in [0.25, 0.3) is 0 Å². The van der Waals surface area contributed by atoms with Crippen LogP contribution in [-0.4, -0.2) is 27.0 Å². The topological polar surface area (TPSA) is 136 Å². The average Bonchev–Trinajstić information content (AvgIpc) is 2.47. The summed E-state index contributed by atoms with van der Waals surface area (Å²) < 4.78 is 0. The van der Waals surface area contributed by atoms with Crippen LogP contribution in [0.2, 0.25) is 0 Å². The molecule has 0 saturated heterocycles. The minimum Gasteiger partial charge on any atom is -0.481 e. The Morgan fingerprint density at radius 3 is 2.27 bits per heavy atom. The first-order valence-corrected chi connectivity index (χ1v) is 6.80. The van der Waals surface area contributed by atoms with E-state index in [0.29, 0.717) is 25.7 Å². The van der Waals surface area contributed by atoms with Crippen molar-refractivity contribution in [3.05, 3.63) is 38.4 Å². The molecule has 0 heterocycles. The van der Waals surface area contributed by atoms with Gasteiger partial charge in [0.05, 0.1) is 21.8 Å². The number of aliphatic carboxylic acids is 1. The van der Waals surface area contributed by atoms with Crippen LogP contribution in [0, 0.1) is 26.1 Å². The molecule has 0 unspecified atom stereocenters. The van der Waals surface area contributed by atoms with Crippen LogP contribution >= 0.6 is 0 Å². The molecule has 2 rings (SSSR count). The van der Waals surface area contributed by atoms with E-state index < -0.39 is 15.8 Å². The summed E-state index contributed by atoms with van der Waals surface area (Å²) in [6.07, 6.45) is 2.19. The molecular formula is C13H15N3O6. The number of benzene rings is 1. The lowest BCUT2D eigenvalue weighted by Crippen LogP contribution is -2.29. The normalized spacial score (nSPS) is 21.1. The number of carbonyl (C=O) groups is 1. The molecule has 0 atom stereocenters. The summed E-state index contributed by atoms with van der Waals surface area (Å²) in [5.74, 6) is -1.19. The fraction of sp³-hybridized carbons (Fsp3) is 0.462. The molecule has 1 aromatic rings. The van der Waals surface area contributed by atoms with E-state index in [2.05, 4.69) is 5.32 Å². The van der Waals surface area contributed by atoms with E-state index in [-0.39, 0.29) is 29.0 Å². The number of nitrogens with one attached hydrogen (secondary N) is 1. The van der Waals surface area contributed by atoms with Crippen LogP contribution in [0.1, 0.15) is 25.7 Å². The van der Waals surface area contributed by atoms with Crippen molar-refractivity contribution in [2.24, 2.45) is 5.92 Å². The molecule has 1 saturated carbocycles. The van der Waals surface area contributed by atoms with Gasteiger partial charge in [0, 0.05) is 12.1 Å². The van der Waals surface area contributed by atoms with Gasteiger partial charge in [-0.2, -0.15) is 0 Å². The van der Waals surface area contributed by atoms with Crippen LogP contribution in [0.5, 0.6) is 0 Å². The van der Waals surface area contributed by atoms with E-state index in [1.54, 1.807) is 0 Å². The van der Waals surface area contributed by atoms with Gasteiger partial charge in [0.1, 0.15) is 5.69 Å². The summed E-state index contributed by atoms with van der Waals surface area (Å²) in [6.45, 7) is 0. The van der Waals surface area contributed by atoms with Crippen LogP contribution < -0.4 is 5.32 Å². The third-order valence-electron chi connectivity index (χ3n) is 3.82. The molecule has 1 fully saturated rings. The highest BCUT2D eigenvalue weighted by atomic mass is 16.6. The van der Waals surface area contributed by atoms with E-state index in [4.69, 9.17) is 5.11 Å². The van der Waals surface area contributed by atoms with E-state index in [9.17, 15) is 25.0 Å². The van der Waals surface area contributed by atoms with Gasteiger partial charge >= 0.3 is 5.97 Å². The number of rotatable bonds is 5. The van der Waals surface area contributed by atoms with Crippen LogP contribution in [0.3, 0.4) is 0 Å². The minimum absolute atomic E-state index is 0.0734. The fourth-order valence-electron chi connectivity index (χ4n) is 2.61. The third-order valence-corrected chi connectivity index (χ3v) is 3.82. The number of hydrogen-bond acceptors (Lipinski definition) is 6. The van der Waals surface area contributed by atoms with E-state index >= 15 is 0 Å². The monoisotopic (exact) mass is 309 g/mol. The van der Waals surface area contributed by atoms with Gasteiger partial charge in [-0.3, -0.25) is 25.0 Å². The van der Waals surface area contributed by atoms with Crippen molar-refractivity contribution in [1.29, 1.82) is 0 Å². The molecule has 9 heteroatoms. The lowest BCUT2D eigenvalue weighted by molar-refractivity contribution is -0.393. The lowest BCUT2D eigenvalue weighted by Gasteiger charge is -2.27. The molecule has 0 bridgehead atoms. The van der Waals surface area contributed by atoms with Crippen molar-refractivity contribution >= 4 is 23.0 Å². The molecule has 1 aliphatic rings. The number of nitrogens with zero attached hydrogens (tertiary/aromatic N) is 2. The van der Waals surface area contributed by atoms with Gasteiger partial charge in [0.15, 0.2) is 0 Å². The Labute approximate surface area is 125 Å². The van der Waals surface area contributed by atoms with Gasteiger partial charge in [0.2, 0.25) is 0 Å². The summed E-state index contributed by atoms with van der Waals surface area (Å²) in [6, 6.07) is 3.37. The van der Waals surface area contributed by atoms with Gasteiger partial charge in [-0.25, -0.2) is 0 Å².